The number of piperazine rings is 1. The van der Waals surface area contributed by atoms with Crippen LogP contribution in [0.2, 0.25) is 0 Å². The Morgan fingerprint density at radius 3 is 2.09 bits per heavy atom. The summed E-state index contributed by atoms with van der Waals surface area (Å²) in [6.45, 7) is 3.34. The maximum atomic E-state index is 13.7. The largest absolute Gasteiger partial charge is 0.368 e. The fourth-order valence-corrected chi connectivity index (χ4v) is 5.66. The van der Waals surface area contributed by atoms with Gasteiger partial charge in [-0.05, 0) is 42.8 Å². The number of carbonyl (C=O) groups excluding carboxylic acids is 3. The minimum Gasteiger partial charge on any atom is -0.368 e. The fourth-order valence-electron chi connectivity index (χ4n) is 4.83. The van der Waals surface area contributed by atoms with Crippen molar-refractivity contribution in [2.24, 2.45) is 5.92 Å². The summed E-state index contributed by atoms with van der Waals surface area (Å²) in [6, 6.07) is 23.4. The van der Waals surface area contributed by atoms with Gasteiger partial charge in [0.05, 0.1) is 10.3 Å². The normalized spacial score (nSPS) is 14.2. The molecular formula is C31H33N5O7S. The molecule has 13 heteroatoms. The summed E-state index contributed by atoms with van der Waals surface area (Å²) in [6.07, 6.45) is 0.799. The smallest absolute Gasteiger partial charge is 0.269 e. The number of hydrogen-bond donors (Lipinski definition) is 1. The third kappa shape index (κ3) is 8.28. The van der Waals surface area contributed by atoms with E-state index in [-0.39, 0.29) is 25.3 Å². The van der Waals surface area contributed by atoms with Crippen molar-refractivity contribution >= 4 is 50.9 Å². The zero-order valence-electron chi connectivity index (χ0n) is 24.1. The lowest BCUT2D eigenvalue weighted by molar-refractivity contribution is -0.384. The number of nitro benzene ring substituents is 1. The molecule has 1 unspecified atom stereocenters. The number of amides is 3. The van der Waals surface area contributed by atoms with Crippen LogP contribution in [0, 0.1) is 16.0 Å². The average Bonchev–Trinajstić information content (AvgIpc) is 3.03. The van der Waals surface area contributed by atoms with Gasteiger partial charge in [0.2, 0.25) is 17.7 Å². The van der Waals surface area contributed by atoms with Crippen LogP contribution in [0.5, 0.6) is 0 Å². The second kappa shape index (κ2) is 14.4. The van der Waals surface area contributed by atoms with Crippen molar-refractivity contribution in [3.05, 3.63) is 106 Å². The van der Waals surface area contributed by atoms with Crippen LogP contribution in [-0.4, -0.2) is 68.7 Å². The van der Waals surface area contributed by atoms with Gasteiger partial charge < -0.3 is 14.7 Å². The highest BCUT2D eigenvalue weighted by atomic mass is 32.2. The first-order valence-electron chi connectivity index (χ1n) is 14.0. The van der Waals surface area contributed by atoms with Crippen LogP contribution in [0.3, 0.4) is 0 Å². The van der Waals surface area contributed by atoms with Gasteiger partial charge in [0.15, 0.2) is 0 Å². The highest BCUT2D eigenvalue weighted by Gasteiger charge is 2.36. The van der Waals surface area contributed by atoms with Crippen molar-refractivity contribution in [3.8, 4) is 0 Å². The molecule has 0 radical (unpaired) electrons. The molecule has 0 spiro atoms. The molecule has 1 saturated heterocycles. The monoisotopic (exact) mass is 619 g/mol. The molecule has 0 saturated carbocycles. The van der Waals surface area contributed by atoms with Crippen LogP contribution in [0.25, 0.3) is 6.08 Å². The lowest BCUT2D eigenvalue weighted by Crippen LogP contribution is -2.51. The number of anilines is 2. The van der Waals surface area contributed by atoms with Crippen molar-refractivity contribution in [1.82, 2.24) is 9.62 Å². The number of benzene rings is 3. The summed E-state index contributed by atoms with van der Waals surface area (Å²) in [5.74, 6) is -3.87. The molecule has 1 aliphatic rings. The molecule has 1 aliphatic heterocycles. The molecule has 1 heterocycles. The highest BCUT2D eigenvalue weighted by molar-refractivity contribution is 7.93. The maximum absolute atomic E-state index is 13.7. The van der Waals surface area contributed by atoms with Gasteiger partial charge in [-0.15, -0.1) is 0 Å². The van der Waals surface area contributed by atoms with Crippen molar-refractivity contribution in [2.45, 2.75) is 13.3 Å². The third-order valence-corrected chi connectivity index (χ3v) is 8.16. The number of rotatable bonds is 11. The Labute approximate surface area is 255 Å². The highest BCUT2D eigenvalue weighted by Crippen LogP contribution is 2.23. The number of carbonyl (C=O) groups is 3. The molecule has 3 aromatic carbocycles. The molecule has 0 bridgehead atoms. The minimum absolute atomic E-state index is 0.0225. The van der Waals surface area contributed by atoms with Gasteiger partial charge in [-0.1, -0.05) is 48.5 Å². The van der Waals surface area contributed by atoms with E-state index < -0.39 is 45.0 Å². The first-order valence-corrected chi connectivity index (χ1v) is 15.6. The van der Waals surface area contributed by atoms with E-state index in [1.807, 2.05) is 9.62 Å². The van der Waals surface area contributed by atoms with Crippen LogP contribution >= 0.6 is 0 Å². The van der Waals surface area contributed by atoms with E-state index in [9.17, 15) is 32.9 Å². The summed E-state index contributed by atoms with van der Waals surface area (Å²) < 4.78 is 27.5. The molecule has 3 amide bonds. The molecule has 12 nitrogen and oxygen atoms in total. The minimum atomic E-state index is -4.29. The zero-order valence-corrected chi connectivity index (χ0v) is 24.9. The van der Waals surface area contributed by atoms with Gasteiger partial charge in [-0.3, -0.25) is 24.5 Å². The van der Waals surface area contributed by atoms with E-state index in [1.54, 1.807) is 79.7 Å². The third-order valence-electron chi connectivity index (χ3n) is 7.18. The summed E-state index contributed by atoms with van der Waals surface area (Å²) >= 11 is 0. The fraction of sp³-hybridized carbons (Fsp3) is 0.258. The van der Waals surface area contributed by atoms with Crippen LogP contribution in [0.1, 0.15) is 18.9 Å². The molecule has 1 atom stereocenters. The number of non-ortho nitro benzene ring substituents is 1. The Morgan fingerprint density at radius 1 is 0.932 bits per heavy atom. The van der Waals surface area contributed by atoms with E-state index in [0.29, 0.717) is 24.3 Å². The Bertz CT molecular complexity index is 1610. The lowest BCUT2D eigenvalue weighted by Gasteiger charge is -2.36. The first-order chi connectivity index (χ1) is 21.1. The van der Waals surface area contributed by atoms with E-state index in [0.717, 1.165) is 11.1 Å². The Hall–Kier alpha value is -5.04. The van der Waals surface area contributed by atoms with Gasteiger partial charge in [0, 0.05) is 62.7 Å². The van der Waals surface area contributed by atoms with E-state index in [2.05, 4.69) is 0 Å². The van der Waals surface area contributed by atoms with Gasteiger partial charge in [-0.2, -0.15) is 0 Å². The molecule has 3 aromatic rings. The van der Waals surface area contributed by atoms with Gasteiger partial charge in [-0.25, -0.2) is 13.1 Å². The second-order valence-electron chi connectivity index (χ2n) is 10.0. The van der Waals surface area contributed by atoms with Gasteiger partial charge >= 0.3 is 0 Å². The topological polar surface area (TPSA) is 150 Å². The average molecular weight is 620 g/mol. The number of nitrogens with one attached hydrogen (secondary N) is 1. The van der Waals surface area contributed by atoms with Gasteiger partial charge in [0.1, 0.15) is 5.92 Å². The second-order valence-corrected chi connectivity index (χ2v) is 11.6. The molecule has 4 rings (SSSR count). The molecule has 1 N–H and O–H groups in total. The SMILES string of the molecule is CCN(C(=O)C(CC(=O)N1CCN(c2ccc([N+](=O)[O-])cc2)CC1)C(=O)NS(=O)(=O)/C=C/c1ccccc1)c1ccccc1. The predicted octanol–water partition coefficient (Wildman–Crippen LogP) is 3.42. The molecule has 0 aliphatic carbocycles. The van der Waals surface area contributed by atoms with E-state index >= 15 is 0 Å². The molecule has 230 valence electrons. The Morgan fingerprint density at radius 2 is 1.52 bits per heavy atom. The van der Waals surface area contributed by atoms with E-state index in [1.165, 1.54) is 28.0 Å². The summed E-state index contributed by atoms with van der Waals surface area (Å²) in [7, 11) is -4.29. The number of nitrogens with zero attached hydrogens (tertiary/aromatic N) is 4. The predicted molar refractivity (Wildman–Crippen MR) is 167 cm³/mol. The zero-order chi connectivity index (χ0) is 31.7. The standard InChI is InChI=1S/C31H33N5O7S/c1-2-35(26-11-7-4-8-12-26)31(39)28(30(38)32-44(42,43)22-17-24-9-5-3-6-10-24)23-29(37)34-20-18-33(19-21-34)25-13-15-27(16-14-25)36(40)41/h3-17,22,28H,2,18-21,23H2,1H3,(H,32,38)/b22-17+. The summed E-state index contributed by atoms with van der Waals surface area (Å²) in [5, 5.41) is 11.8. The lowest BCUT2D eigenvalue weighted by atomic mass is 10.0. The van der Waals surface area contributed by atoms with Crippen LogP contribution in [-0.2, 0) is 24.4 Å². The molecule has 44 heavy (non-hydrogen) atoms. The quantitative estimate of drug-likeness (QED) is 0.195. The maximum Gasteiger partial charge on any atom is 0.269 e. The number of para-hydroxylation sites is 1. The van der Waals surface area contributed by atoms with Crippen LogP contribution in [0.4, 0.5) is 17.1 Å². The molecule has 0 aromatic heterocycles. The van der Waals surface area contributed by atoms with Crippen LogP contribution in [0.15, 0.2) is 90.3 Å². The number of hydrogen-bond acceptors (Lipinski definition) is 8. The number of nitro groups is 1. The molecular weight excluding hydrogens is 586 g/mol. The number of sulfonamides is 1. The Balaban J connectivity index is 1.49. The van der Waals surface area contributed by atoms with Crippen molar-refractivity contribution < 1.29 is 27.7 Å². The summed E-state index contributed by atoms with van der Waals surface area (Å²) in [5.41, 5.74) is 1.85. The van der Waals surface area contributed by atoms with Gasteiger partial charge in [0.25, 0.3) is 15.7 Å². The molecule has 1 fully saturated rings. The summed E-state index contributed by atoms with van der Waals surface area (Å²) in [4.78, 5) is 55.9. The van der Waals surface area contributed by atoms with Crippen molar-refractivity contribution in [2.75, 3.05) is 42.5 Å². The van der Waals surface area contributed by atoms with Crippen molar-refractivity contribution in [1.29, 1.82) is 0 Å². The Kier molecular flexibility index (Phi) is 10.5. The first kappa shape index (κ1) is 31.9. The van der Waals surface area contributed by atoms with E-state index in [4.69, 9.17) is 0 Å². The van der Waals surface area contributed by atoms with Crippen LogP contribution < -0.4 is 14.5 Å². The van der Waals surface area contributed by atoms with Crippen molar-refractivity contribution in [3.63, 3.8) is 0 Å².